The first kappa shape index (κ1) is 20.3. The van der Waals surface area contributed by atoms with Crippen molar-refractivity contribution in [1.29, 1.82) is 0 Å². The molecule has 1 N–H and O–H groups in total. The van der Waals surface area contributed by atoms with Gasteiger partial charge in [-0.05, 0) is 45.0 Å². The molecule has 0 fully saturated rings. The molecule has 2 unspecified atom stereocenters. The normalized spacial score (nSPS) is 14.0. The fourth-order valence-electron chi connectivity index (χ4n) is 2.56. The summed E-state index contributed by atoms with van der Waals surface area (Å²) in [4.78, 5) is 12.3. The van der Waals surface area contributed by atoms with Crippen LogP contribution >= 0.6 is 15.9 Å². The lowest BCUT2D eigenvalue weighted by atomic mass is 10.0. The van der Waals surface area contributed by atoms with E-state index in [9.17, 15) is 18.0 Å². The van der Waals surface area contributed by atoms with Crippen molar-refractivity contribution in [1.82, 2.24) is 15.1 Å². The van der Waals surface area contributed by atoms with Crippen molar-refractivity contribution in [3.8, 4) is 5.75 Å². The Hall–Kier alpha value is -2.03. The molecule has 1 aromatic heterocycles. The number of hydrogen-bond donors (Lipinski definition) is 1. The monoisotopic (exact) mass is 433 g/mol. The fraction of sp³-hybridized carbons (Fsp3) is 0.412. The molecule has 9 heteroatoms. The summed E-state index contributed by atoms with van der Waals surface area (Å²) in [7, 11) is 1.56. The van der Waals surface area contributed by atoms with Crippen molar-refractivity contribution >= 4 is 21.8 Å². The number of carbonyl (C=O) groups is 1. The highest BCUT2D eigenvalue weighted by molar-refractivity contribution is 9.10. The zero-order chi connectivity index (χ0) is 19.6. The van der Waals surface area contributed by atoms with Crippen molar-refractivity contribution in [2.45, 2.75) is 39.1 Å². The first-order chi connectivity index (χ1) is 12.0. The van der Waals surface area contributed by atoms with Crippen LogP contribution in [0.4, 0.5) is 13.2 Å². The van der Waals surface area contributed by atoms with E-state index in [1.807, 2.05) is 5.32 Å². The van der Waals surface area contributed by atoms with Crippen LogP contribution in [0.25, 0.3) is 0 Å². The molecule has 0 aliphatic rings. The minimum atomic E-state index is -4.66. The highest BCUT2D eigenvalue weighted by atomic mass is 79.9. The van der Waals surface area contributed by atoms with Gasteiger partial charge in [-0.25, -0.2) is 0 Å². The molecule has 0 aliphatic carbocycles. The number of aromatic nitrogens is 2. The Kier molecular flexibility index (Phi) is 6.00. The molecule has 0 saturated heterocycles. The molecule has 2 aromatic rings. The van der Waals surface area contributed by atoms with E-state index < -0.39 is 24.2 Å². The van der Waals surface area contributed by atoms with E-state index in [-0.39, 0.29) is 11.3 Å². The number of benzene rings is 1. The predicted octanol–water partition coefficient (Wildman–Crippen LogP) is 3.99. The van der Waals surface area contributed by atoms with Gasteiger partial charge >= 0.3 is 6.18 Å². The minimum absolute atomic E-state index is 0.0517. The number of hydrogen-bond acceptors (Lipinski definition) is 3. The van der Waals surface area contributed by atoms with Gasteiger partial charge in [-0.2, -0.15) is 18.3 Å². The molecule has 2 rings (SSSR count). The highest BCUT2D eigenvalue weighted by Crippen LogP contribution is 2.36. The molecule has 0 radical (unpaired) electrons. The standard InChI is InChI=1S/C17H19BrF3N3O2/c1-9-14(10(2)24(4)23-9)15(17(19,20)21)22-16(25)11(3)26-13-7-5-12(18)6-8-13/h5-8,11,15H,1-4H3,(H,22,25). The molecule has 26 heavy (non-hydrogen) atoms. The van der Waals surface area contributed by atoms with Gasteiger partial charge in [0.2, 0.25) is 0 Å². The Morgan fingerprint density at radius 1 is 1.27 bits per heavy atom. The van der Waals surface area contributed by atoms with Crippen LogP contribution in [-0.4, -0.2) is 28.0 Å². The number of ether oxygens (including phenoxy) is 1. The van der Waals surface area contributed by atoms with Gasteiger partial charge in [0.15, 0.2) is 12.1 Å². The number of amides is 1. The van der Waals surface area contributed by atoms with Crippen LogP contribution in [0.15, 0.2) is 28.7 Å². The summed E-state index contributed by atoms with van der Waals surface area (Å²) in [6, 6.07) is 4.50. The second-order valence-corrected chi connectivity index (χ2v) is 6.82. The van der Waals surface area contributed by atoms with E-state index in [2.05, 4.69) is 21.0 Å². The third-order valence-corrected chi connectivity index (χ3v) is 4.49. The van der Waals surface area contributed by atoms with Crippen LogP contribution < -0.4 is 10.1 Å². The molecule has 2 atom stereocenters. The Labute approximate surface area is 157 Å². The molecule has 0 spiro atoms. The number of nitrogens with zero attached hydrogens (tertiary/aromatic N) is 2. The van der Waals surface area contributed by atoms with Crippen molar-refractivity contribution in [2.24, 2.45) is 7.05 Å². The van der Waals surface area contributed by atoms with Crippen molar-refractivity contribution in [2.75, 3.05) is 0 Å². The topological polar surface area (TPSA) is 56.2 Å². The van der Waals surface area contributed by atoms with Gasteiger partial charge in [0, 0.05) is 22.8 Å². The summed E-state index contributed by atoms with van der Waals surface area (Å²) in [5.41, 5.74) is 0.505. The number of halogens is 4. The van der Waals surface area contributed by atoms with Crippen LogP contribution in [0.1, 0.15) is 29.9 Å². The third kappa shape index (κ3) is 4.57. The molecule has 142 valence electrons. The van der Waals surface area contributed by atoms with E-state index in [1.54, 1.807) is 31.3 Å². The van der Waals surface area contributed by atoms with E-state index in [0.29, 0.717) is 11.4 Å². The Morgan fingerprint density at radius 3 is 2.31 bits per heavy atom. The summed E-state index contributed by atoms with van der Waals surface area (Å²) in [5.74, 6) is -0.481. The summed E-state index contributed by atoms with van der Waals surface area (Å²) in [6.45, 7) is 4.41. The Morgan fingerprint density at radius 2 is 1.85 bits per heavy atom. The molecule has 1 aromatic carbocycles. The summed E-state index contributed by atoms with van der Waals surface area (Å²) in [6.07, 6.45) is -5.76. The van der Waals surface area contributed by atoms with Gasteiger partial charge in [-0.15, -0.1) is 0 Å². The number of nitrogens with one attached hydrogen (secondary N) is 1. The Balaban J connectivity index is 2.20. The van der Waals surface area contributed by atoms with Gasteiger partial charge in [-0.3, -0.25) is 9.48 Å². The number of carbonyl (C=O) groups excluding carboxylic acids is 1. The predicted molar refractivity (Wildman–Crippen MR) is 93.9 cm³/mol. The first-order valence-electron chi connectivity index (χ1n) is 7.80. The number of alkyl halides is 3. The van der Waals surface area contributed by atoms with Crippen LogP contribution in [0.3, 0.4) is 0 Å². The molecule has 1 heterocycles. The van der Waals surface area contributed by atoms with E-state index in [0.717, 1.165) is 4.47 Å². The van der Waals surface area contributed by atoms with Gasteiger partial charge < -0.3 is 10.1 Å². The number of rotatable bonds is 5. The molecule has 0 bridgehead atoms. The SMILES string of the molecule is Cc1nn(C)c(C)c1C(NC(=O)C(C)Oc1ccc(Br)cc1)C(F)(F)F. The summed E-state index contributed by atoms with van der Waals surface area (Å²) >= 11 is 3.27. The number of aryl methyl sites for hydroxylation is 2. The molecule has 1 amide bonds. The molecular formula is C17H19BrF3N3O2. The van der Waals surface area contributed by atoms with E-state index in [4.69, 9.17) is 4.74 Å². The van der Waals surface area contributed by atoms with Crippen LogP contribution in [-0.2, 0) is 11.8 Å². The van der Waals surface area contributed by atoms with Crippen molar-refractivity contribution in [3.05, 3.63) is 45.7 Å². The maximum Gasteiger partial charge on any atom is 0.413 e. The van der Waals surface area contributed by atoms with Crippen LogP contribution in [0.5, 0.6) is 5.75 Å². The highest BCUT2D eigenvalue weighted by Gasteiger charge is 2.45. The zero-order valence-electron chi connectivity index (χ0n) is 14.7. The average Bonchev–Trinajstić information content (AvgIpc) is 2.78. The van der Waals surface area contributed by atoms with Crippen LogP contribution in [0, 0.1) is 13.8 Å². The van der Waals surface area contributed by atoms with Crippen LogP contribution in [0.2, 0.25) is 0 Å². The Bertz CT molecular complexity index is 788. The van der Waals surface area contributed by atoms with Gasteiger partial charge in [0.1, 0.15) is 5.75 Å². The summed E-state index contributed by atoms with van der Waals surface area (Å²) < 4.78 is 48.3. The lowest BCUT2D eigenvalue weighted by Gasteiger charge is -2.24. The molecule has 0 aliphatic heterocycles. The molecule has 0 saturated carbocycles. The first-order valence-corrected chi connectivity index (χ1v) is 8.59. The smallest absolute Gasteiger partial charge is 0.413 e. The van der Waals surface area contributed by atoms with Gasteiger partial charge in [0.25, 0.3) is 5.91 Å². The van der Waals surface area contributed by atoms with Gasteiger partial charge in [-0.1, -0.05) is 15.9 Å². The van der Waals surface area contributed by atoms with Crippen molar-refractivity contribution in [3.63, 3.8) is 0 Å². The van der Waals surface area contributed by atoms with E-state index in [1.165, 1.54) is 25.5 Å². The maximum absolute atomic E-state index is 13.6. The minimum Gasteiger partial charge on any atom is -0.481 e. The largest absolute Gasteiger partial charge is 0.481 e. The van der Waals surface area contributed by atoms with Crippen molar-refractivity contribution < 1.29 is 22.7 Å². The third-order valence-electron chi connectivity index (χ3n) is 3.96. The maximum atomic E-state index is 13.6. The quantitative estimate of drug-likeness (QED) is 0.775. The molecular weight excluding hydrogens is 415 g/mol. The fourth-order valence-corrected chi connectivity index (χ4v) is 2.82. The lowest BCUT2D eigenvalue weighted by Crippen LogP contribution is -2.44. The average molecular weight is 434 g/mol. The lowest BCUT2D eigenvalue weighted by molar-refractivity contribution is -0.165. The summed E-state index contributed by atoms with van der Waals surface area (Å²) in [5, 5.41) is 6.05. The molecule has 5 nitrogen and oxygen atoms in total. The second kappa shape index (κ2) is 7.69. The second-order valence-electron chi connectivity index (χ2n) is 5.91. The zero-order valence-corrected chi connectivity index (χ0v) is 16.3. The van der Waals surface area contributed by atoms with E-state index >= 15 is 0 Å². The van der Waals surface area contributed by atoms with Gasteiger partial charge in [0.05, 0.1) is 5.69 Å².